The summed E-state index contributed by atoms with van der Waals surface area (Å²) in [7, 11) is 1.15. The molecule has 1 aliphatic carbocycles. The number of aromatic nitrogens is 1. The maximum absolute atomic E-state index is 14.1. The lowest BCUT2D eigenvalue weighted by Crippen LogP contribution is -2.51. The van der Waals surface area contributed by atoms with Crippen LogP contribution in [0, 0.1) is 5.92 Å². The molecule has 6 nitrogen and oxygen atoms in total. The summed E-state index contributed by atoms with van der Waals surface area (Å²) in [5.74, 6) is -4.17. The van der Waals surface area contributed by atoms with E-state index in [9.17, 15) is 23.5 Å². The summed E-state index contributed by atoms with van der Waals surface area (Å²) in [4.78, 5) is 31.4. The number of esters is 1. The molecule has 34 heavy (non-hydrogen) atoms. The molecule has 0 amide bonds. The highest BCUT2D eigenvalue weighted by molar-refractivity contribution is 6.30. The molecule has 5 rings (SSSR count). The monoisotopic (exact) mass is 485 g/mol. The molecule has 2 aliphatic rings. The van der Waals surface area contributed by atoms with E-state index in [-0.39, 0.29) is 27.6 Å². The summed E-state index contributed by atoms with van der Waals surface area (Å²) in [6, 6.07) is 15.0. The van der Waals surface area contributed by atoms with Gasteiger partial charge < -0.3 is 14.6 Å². The van der Waals surface area contributed by atoms with Crippen LogP contribution in [0.3, 0.4) is 0 Å². The van der Waals surface area contributed by atoms with E-state index in [1.54, 1.807) is 30.3 Å². The van der Waals surface area contributed by atoms with Crippen molar-refractivity contribution in [2.45, 2.75) is 23.5 Å². The maximum Gasteiger partial charge on any atom is 0.313 e. The van der Waals surface area contributed by atoms with Gasteiger partial charge in [-0.15, -0.1) is 0 Å². The van der Waals surface area contributed by atoms with Gasteiger partial charge in [-0.1, -0.05) is 66.2 Å². The second kappa shape index (κ2) is 7.85. The van der Waals surface area contributed by atoms with E-state index in [4.69, 9.17) is 21.1 Å². The van der Waals surface area contributed by atoms with Crippen LogP contribution in [-0.4, -0.2) is 29.0 Å². The topological polar surface area (TPSA) is 85.7 Å². The molecule has 0 radical (unpaired) electrons. The van der Waals surface area contributed by atoms with Gasteiger partial charge in [-0.3, -0.25) is 14.6 Å². The lowest BCUT2D eigenvalue weighted by molar-refractivity contribution is -0.163. The third-order valence-electron chi connectivity index (χ3n) is 6.56. The highest BCUT2D eigenvalue weighted by Crippen LogP contribution is 2.64. The Morgan fingerprint density at radius 2 is 1.85 bits per heavy atom. The van der Waals surface area contributed by atoms with Crippen molar-refractivity contribution in [2.24, 2.45) is 5.92 Å². The zero-order valence-corrected chi connectivity index (χ0v) is 18.5. The van der Waals surface area contributed by atoms with Crippen molar-refractivity contribution >= 4 is 23.4 Å². The van der Waals surface area contributed by atoms with E-state index in [1.165, 1.54) is 36.5 Å². The molecule has 0 saturated heterocycles. The number of halogens is 3. The van der Waals surface area contributed by atoms with E-state index < -0.39 is 41.2 Å². The van der Waals surface area contributed by atoms with Gasteiger partial charge in [0, 0.05) is 23.4 Å². The Hall–Kier alpha value is -3.36. The number of carbonyl (C=O) groups excluding carboxylic acids is 2. The van der Waals surface area contributed by atoms with Crippen LogP contribution in [-0.2, 0) is 25.5 Å². The van der Waals surface area contributed by atoms with Crippen LogP contribution in [0.2, 0.25) is 5.02 Å². The van der Waals surface area contributed by atoms with Gasteiger partial charge in [0.05, 0.1) is 18.1 Å². The summed E-state index contributed by atoms with van der Waals surface area (Å²) in [5, 5.41) is 12.1. The summed E-state index contributed by atoms with van der Waals surface area (Å²) < 4.78 is 37.8. The van der Waals surface area contributed by atoms with Gasteiger partial charge in [-0.25, -0.2) is 8.78 Å². The summed E-state index contributed by atoms with van der Waals surface area (Å²) >= 11 is 6.12. The molecule has 3 aromatic rings. The lowest BCUT2D eigenvalue weighted by Gasteiger charge is -2.38. The number of benzene rings is 2. The standard InChI is InChI=1S/C25H18ClF2NO5/c1-33-22(30)19-18(13-5-3-2-4-6-13)25(15-9-7-14(8-10-15)21(27)28)23(31)24(19,32)20-17(34-25)11-16(26)12-29-20/h2-12,18-19,21,32H,1H3/t18?,19-,24+,25?/m0/s1. The minimum Gasteiger partial charge on any atom is -0.472 e. The van der Waals surface area contributed by atoms with Gasteiger partial charge in [-0.05, 0) is 5.56 Å². The molecule has 2 unspecified atom stereocenters. The number of nitrogens with zero attached hydrogens (tertiary/aromatic N) is 1. The smallest absolute Gasteiger partial charge is 0.313 e. The Morgan fingerprint density at radius 3 is 2.47 bits per heavy atom. The molecule has 1 N–H and O–H groups in total. The van der Waals surface area contributed by atoms with Crippen LogP contribution in [0.1, 0.15) is 34.7 Å². The number of alkyl halides is 2. The number of methoxy groups -OCH3 is 1. The summed E-state index contributed by atoms with van der Waals surface area (Å²) in [6.07, 6.45) is -1.48. The van der Waals surface area contributed by atoms with Gasteiger partial charge in [-0.2, -0.15) is 0 Å². The Morgan fingerprint density at radius 1 is 1.18 bits per heavy atom. The molecular weight excluding hydrogens is 468 g/mol. The van der Waals surface area contributed by atoms with Crippen molar-refractivity contribution in [1.29, 1.82) is 0 Å². The first-order valence-electron chi connectivity index (χ1n) is 10.4. The van der Waals surface area contributed by atoms with Gasteiger partial charge in [0.1, 0.15) is 17.4 Å². The van der Waals surface area contributed by atoms with Crippen LogP contribution in [0.25, 0.3) is 0 Å². The van der Waals surface area contributed by atoms with Gasteiger partial charge in [0.15, 0.2) is 5.60 Å². The number of aliphatic hydroxyl groups is 1. The number of ketones is 1. The third kappa shape index (κ3) is 2.91. The van der Waals surface area contributed by atoms with Crippen LogP contribution in [0.4, 0.5) is 8.78 Å². The number of rotatable bonds is 4. The van der Waals surface area contributed by atoms with E-state index >= 15 is 0 Å². The van der Waals surface area contributed by atoms with E-state index in [0.29, 0.717) is 5.56 Å². The Labute approximate surface area is 198 Å². The molecule has 0 spiro atoms. The molecule has 1 aliphatic heterocycles. The van der Waals surface area contributed by atoms with Crippen molar-refractivity contribution in [3.05, 3.63) is 94.3 Å². The molecule has 4 atom stereocenters. The Kier molecular flexibility index (Phi) is 5.18. The van der Waals surface area contributed by atoms with Crippen molar-refractivity contribution in [3.8, 4) is 5.75 Å². The molecule has 2 bridgehead atoms. The Bertz CT molecular complexity index is 1290. The van der Waals surface area contributed by atoms with Crippen molar-refractivity contribution in [1.82, 2.24) is 4.98 Å². The fraction of sp³-hybridized carbons (Fsp3) is 0.240. The predicted octanol–water partition coefficient (Wildman–Crippen LogP) is 4.30. The quantitative estimate of drug-likeness (QED) is 0.554. The maximum atomic E-state index is 14.1. The minimum atomic E-state index is -2.72. The van der Waals surface area contributed by atoms with E-state index in [0.717, 1.165) is 7.11 Å². The van der Waals surface area contributed by atoms with Crippen LogP contribution < -0.4 is 4.74 Å². The fourth-order valence-corrected chi connectivity index (χ4v) is 5.28. The predicted molar refractivity (Wildman–Crippen MR) is 117 cm³/mol. The van der Waals surface area contributed by atoms with E-state index in [1.807, 2.05) is 0 Å². The van der Waals surface area contributed by atoms with Crippen LogP contribution in [0.15, 0.2) is 66.9 Å². The number of Topliss-reactive ketones (excluding diaryl/α,β-unsaturated/α-hetero) is 1. The van der Waals surface area contributed by atoms with Gasteiger partial charge in [0.25, 0.3) is 6.43 Å². The number of ether oxygens (including phenoxy) is 2. The first kappa shape index (κ1) is 22.4. The molecule has 2 heterocycles. The molecule has 1 aromatic heterocycles. The minimum absolute atomic E-state index is 0.0138. The molecule has 2 aromatic carbocycles. The first-order valence-corrected chi connectivity index (χ1v) is 10.8. The molecular formula is C25H18ClF2NO5. The largest absolute Gasteiger partial charge is 0.472 e. The van der Waals surface area contributed by atoms with Crippen LogP contribution >= 0.6 is 11.6 Å². The number of hydrogen-bond acceptors (Lipinski definition) is 6. The van der Waals surface area contributed by atoms with Crippen LogP contribution in [0.5, 0.6) is 5.75 Å². The number of fused-ring (bicyclic) bond motifs is 4. The Balaban J connectivity index is 1.86. The van der Waals surface area contributed by atoms with Crippen molar-refractivity contribution in [3.63, 3.8) is 0 Å². The number of hydrogen-bond donors (Lipinski definition) is 1. The molecule has 1 fully saturated rings. The normalized spacial score (nSPS) is 27.3. The molecule has 1 saturated carbocycles. The first-order chi connectivity index (χ1) is 16.2. The molecule has 9 heteroatoms. The van der Waals surface area contributed by atoms with E-state index in [2.05, 4.69) is 4.98 Å². The van der Waals surface area contributed by atoms with Gasteiger partial charge >= 0.3 is 5.97 Å². The summed E-state index contributed by atoms with van der Waals surface area (Å²) in [5.41, 5.74) is -4.04. The second-order valence-electron chi connectivity index (χ2n) is 8.25. The van der Waals surface area contributed by atoms with Crippen molar-refractivity contribution < 1.29 is 33.0 Å². The SMILES string of the molecule is COC(=O)[C@@H]1C(c2ccccc2)C2(c3ccc(C(F)F)cc3)Oc3cc(Cl)cnc3[C@@]1(O)C2=O. The third-order valence-corrected chi connectivity index (χ3v) is 6.77. The zero-order chi connectivity index (χ0) is 24.3. The average Bonchev–Trinajstić information content (AvgIpc) is 2.97. The highest BCUT2D eigenvalue weighted by Gasteiger charge is 2.77. The fourth-order valence-electron chi connectivity index (χ4n) is 5.13. The highest BCUT2D eigenvalue weighted by atomic mass is 35.5. The summed E-state index contributed by atoms with van der Waals surface area (Å²) in [6.45, 7) is 0. The second-order valence-corrected chi connectivity index (χ2v) is 8.68. The number of pyridine rings is 1. The molecule has 174 valence electrons. The van der Waals surface area contributed by atoms with Crippen molar-refractivity contribution in [2.75, 3.05) is 7.11 Å². The number of carbonyl (C=O) groups is 2. The zero-order valence-electron chi connectivity index (χ0n) is 17.7. The average molecular weight is 486 g/mol. The lowest BCUT2D eigenvalue weighted by atomic mass is 9.75. The van der Waals surface area contributed by atoms with Gasteiger partial charge in [0.2, 0.25) is 11.4 Å².